The van der Waals surface area contributed by atoms with Crippen molar-refractivity contribution in [2.75, 3.05) is 13.2 Å². The summed E-state index contributed by atoms with van der Waals surface area (Å²) < 4.78 is 36.8. The lowest BCUT2D eigenvalue weighted by Gasteiger charge is -2.36. The lowest BCUT2D eigenvalue weighted by molar-refractivity contribution is -0.00155. The third kappa shape index (κ3) is 4.65. The second-order valence-corrected chi connectivity index (χ2v) is 8.83. The summed E-state index contributed by atoms with van der Waals surface area (Å²) >= 11 is 0. The molecule has 0 bridgehead atoms. The normalized spacial score (nSPS) is 11.9. The van der Waals surface area contributed by atoms with E-state index in [0.29, 0.717) is 0 Å². The Morgan fingerprint density at radius 2 is 0.906 bits per heavy atom. The summed E-state index contributed by atoms with van der Waals surface area (Å²) in [6.07, 6.45) is 0. The number of ether oxygens (including phenoxy) is 1. The minimum Gasteiger partial charge on any atom is -0.358 e. The van der Waals surface area contributed by atoms with Crippen LogP contribution >= 0.6 is 0 Å². The summed E-state index contributed by atoms with van der Waals surface area (Å²) in [5, 5.41) is 0. The third-order valence-corrected chi connectivity index (χ3v) is 6.54. The van der Waals surface area contributed by atoms with Crippen LogP contribution in [0.2, 0.25) is 0 Å². The Morgan fingerprint density at radius 3 is 1.31 bits per heavy atom. The quantitative estimate of drug-likeness (QED) is 0.197. The van der Waals surface area contributed by atoms with Gasteiger partial charge in [-0.1, -0.05) is 109 Å². The van der Waals surface area contributed by atoms with Gasteiger partial charge in [-0.2, -0.15) is 8.42 Å². The highest BCUT2D eigenvalue weighted by atomic mass is 32.2. The van der Waals surface area contributed by atoms with Crippen LogP contribution in [0, 0.1) is 0 Å². The summed E-state index contributed by atoms with van der Waals surface area (Å²) in [6, 6.07) is 37.9. The molecule has 162 valence electrons. The molecule has 0 amide bonds. The zero-order chi connectivity index (χ0) is 22.3. The van der Waals surface area contributed by atoms with E-state index in [0.717, 1.165) is 16.7 Å². The Morgan fingerprint density at radius 1 is 0.531 bits per heavy atom. The van der Waals surface area contributed by atoms with Gasteiger partial charge in [-0.05, 0) is 28.8 Å². The molecule has 0 radical (unpaired) electrons. The van der Waals surface area contributed by atoms with Crippen LogP contribution in [0.1, 0.15) is 16.7 Å². The van der Waals surface area contributed by atoms with Crippen molar-refractivity contribution in [2.45, 2.75) is 10.5 Å². The van der Waals surface area contributed by atoms with E-state index in [1.165, 1.54) is 12.1 Å². The molecule has 4 aromatic rings. The van der Waals surface area contributed by atoms with E-state index in [4.69, 9.17) is 8.92 Å². The van der Waals surface area contributed by atoms with E-state index < -0.39 is 15.7 Å². The Balaban J connectivity index is 1.66. The van der Waals surface area contributed by atoms with Crippen molar-refractivity contribution in [3.8, 4) is 0 Å². The third-order valence-electron chi connectivity index (χ3n) is 5.21. The molecule has 0 aliphatic carbocycles. The highest BCUT2D eigenvalue weighted by Gasteiger charge is 2.37. The Bertz CT molecular complexity index is 1110. The van der Waals surface area contributed by atoms with Crippen LogP contribution in [0.3, 0.4) is 0 Å². The second kappa shape index (κ2) is 9.92. The van der Waals surface area contributed by atoms with Gasteiger partial charge in [0, 0.05) is 0 Å². The van der Waals surface area contributed by atoms with Gasteiger partial charge in [0.05, 0.1) is 18.1 Å². The first kappa shape index (κ1) is 22.0. The molecule has 0 unspecified atom stereocenters. The number of hydrogen-bond donors (Lipinski definition) is 0. The van der Waals surface area contributed by atoms with Crippen molar-refractivity contribution in [3.63, 3.8) is 0 Å². The molecule has 5 heteroatoms. The predicted octanol–water partition coefficient (Wildman–Crippen LogP) is 5.40. The lowest BCUT2D eigenvalue weighted by atomic mass is 9.80. The molecule has 32 heavy (non-hydrogen) atoms. The first-order valence-electron chi connectivity index (χ1n) is 10.4. The maximum atomic E-state index is 12.5. The molecule has 4 nitrogen and oxygen atoms in total. The van der Waals surface area contributed by atoms with Crippen LogP contribution < -0.4 is 0 Å². The molecular weight excluding hydrogens is 420 g/mol. The predicted molar refractivity (Wildman–Crippen MR) is 125 cm³/mol. The molecule has 0 aliphatic heterocycles. The second-order valence-electron chi connectivity index (χ2n) is 7.22. The van der Waals surface area contributed by atoms with Crippen LogP contribution in [-0.4, -0.2) is 21.6 Å². The molecule has 4 rings (SSSR count). The fourth-order valence-corrected chi connectivity index (χ4v) is 4.68. The van der Waals surface area contributed by atoms with Gasteiger partial charge in [0.1, 0.15) is 5.60 Å². The van der Waals surface area contributed by atoms with Crippen LogP contribution in [0.5, 0.6) is 0 Å². The molecule has 0 saturated carbocycles. The number of hydrogen-bond acceptors (Lipinski definition) is 4. The van der Waals surface area contributed by atoms with E-state index >= 15 is 0 Å². The van der Waals surface area contributed by atoms with Gasteiger partial charge in [0.15, 0.2) is 0 Å². The summed E-state index contributed by atoms with van der Waals surface area (Å²) in [6.45, 7) is -0.0315. The number of benzene rings is 4. The largest absolute Gasteiger partial charge is 0.358 e. The summed E-state index contributed by atoms with van der Waals surface area (Å²) in [4.78, 5) is 0.125. The summed E-state index contributed by atoms with van der Waals surface area (Å²) in [5.74, 6) is 0. The van der Waals surface area contributed by atoms with Crippen molar-refractivity contribution in [2.24, 2.45) is 0 Å². The van der Waals surface area contributed by atoms with Crippen LogP contribution in [-0.2, 0) is 24.6 Å². The van der Waals surface area contributed by atoms with Gasteiger partial charge in [-0.25, -0.2) is 0 Å². The molecule has 0 saturated heterocycles. The first-order valence-corrected chi connectivity index (χ1v) is 11.8. The molecule has 0 aliphatic rings. The van der Waals surface area contributed by atoms with Gasteiger partial charge < -0.3 is 4.74 Å². The van der Waals surface area contributed by atoms with Crippen molar-refractivity contribution in [1.82, 2.24) is 0 Å². The topological polar surface area (TPSA) is 52.6 Å². The fourth-order valence-electron chi connectivity index (χ4n) is 3.76. The molecule has 0 heterocycles. The molecule has 0 fully saturated rings. The van der Waals surface area contributed by atoms with Crippen molar-refractivity contribution in [3.05, 3.63) is 138 Å². The Labute approximate surface area is 189 Å². The highest BCUT2D eigenvalue weighted by molar-refractivity contribution is 7.86. The molecule has 0 atom stereocenters. The first-order chi connectivity index (χ1) is 15.6. The average Bonchev–Trinajstić information content (AvgIpc) is 2.86. The van der Waals surface area contributed by atoms with Crippen LogP contribution in [0.4, 0.5) is 0 Å². The maximum Gasteiger partial charge on any atom is 0.297 e. The van der Waals surface area contributed by atoms with E-state index in [9.17, 15) is 8.42 Å². The zero-order valence-electron chi connectivity index (χ0n) is 17.5. The van der Waals surface area contributed by atoms with E-state index in [-0.39, 0.29) is 18.1 Å². The maximum absolute atomic E-state index is 12.5. The van der Waals surface area contributed by atoms with Crippen molar-refractivity contribution >= 4 is 10.1 Å². The molecule has 0 N–H and O–H groups in total. The van der Waals surface area contributed by atoms with Gasteiger partial charge in [0.2, 0.25) is 0 Å². The molecule has 0 spiro atoms. The standard InChI is InChI=1S/C27H24O4S/c28-32(29,26-19-11-4-12-20-26)31-22-21-30-27(23-13-5-1-6-14-23,24-15-7-2-8-16-24)25-17-9-3-10-18-25/h1-20H,21-22H2. The number of rotatable bonds is 9. The van der Waals surface area contributed by atoms with Gasteiger partial charge in [0.25, 0.3) is 10.1 Å². The van der Waals surface area contributed by atoms with Gasteiger partial charge >= 0.3 is 0 Å². The lowest BCUT2D eigenvalue weighted by Crippen LogP contribution is -2.34. The van der Waals surface area contributed by atoms with E-state index in [1.54, 1.807) is 18.2 Å². The SMILES string of the molecule is O=S(=O)(OCCOC(c1ccccc1)(c1ccccc1)c1ccccc1)c1ccccc1. The Hall–Kier alpha value is -3.25. The zero-order valence-corrected chi connectivity index (χ0v) is 18.3. The molecule has 4 aromatic carbocycles. The minimum absolute atomic E-state index is 0.0742. The smallest absolute Gasteiger partial charge is 0.297 e. The fraction of sp³-hybridized carbons (Fsp3) is 0.111. The average molecular weight is 445 g/mol. The monoisotopic (exact) mass is 444 g/mol. The van der Waals surface area contributed by atoms with Crippen molar-refractivity contribution in [1.29, 1.82) is 0 Å². The molecular formula is C27H24O4S. The minimum atomic E-state index is -3.85. The molecule has 0 aromatic heterocycles. The van der Waals surface area contributed by atoms with Crippen LogP contribution in [0.25, 0.3) is 0 Å². The van der Waals surface area contributed by atoms with Gasteiger partial charge in [-0.3, -0.25) is 4.18 Å². The van der Waals surface area contributed by atoms with E-state index in [2.05, 4.69) is 0 Å². The summed E-state index contributed by atoms with van der Waals surface area (Å²) in [7, 11) is -3.85. The van der Waals surface area contributed by atoms with E-state index in [1.807, 2.05) is 91.0 Å². The van der Waals surface area contributed by atoms with Gasteiger partial charge in [-0.15, -0.1) is 0 Å². The van der Waals surface area contributed by atoms with Crippen LogP contribution in [0.15, 0.2) is 126 Å². The highest BCUT2D eigenvalue weighted by Crippen LogP contribution is 2.40. The Kier molecular flexibility index (Phi) is 6.81. The summed E-state index contributed by atoms with van der Waals surface area (Å²) in [5.41, 5.74) is 1.93. The van der Waals surface area contributed by atoms with Crippen molar-refractivity contribution < 1.29 is 17.3 Å².